The van der Waals surface area contributed by atoms with Gasteiger partial charge in [0.15, 0.2) is 5.78 Å². The van der Waals surface area contributed by atoms with Gasteiger partial charge in [0, 0.05) is 19.8 Å². The zero-order chi connectivity index (χ0) is 16.3. The Kier molecular flexibility index (Phi) is 4.80. The van der Waals surface area contributed by atoms with E-state index in [1.807, 2.05) is 0 Å². The first-order valence-electron chi connectivity index (χ1n) is 7.21. The van der Waals surface area contributed by atoms with E-state index in [0.717, 1.165) is 0 Å². The van der Waals surface area contributed by atoms with Crippen LogP contribution in [0.25, 0.3) is 0 Å². The number of morpholine rings is 1. The Morgan fingerprint density at radius 1 is 1.45 bits per heavy atom. The van der Waals surface area contributed by atoms with Crippen LogP contribution in [0.4, 0.5) is 4.79 Å². The van der Waals surface area contributed by atoms with Gasteiger partial charge in [-0.2, -0.15) is 0 Å². The monoisotopic (exact) mass is 310 g/mol. The lowest BCUT2D eigenvalue weighted by Crippen LogP contribution is -2.54. The predicted molar refractivity (Wildman–Crippen MR) is 77.3 cm³/mol. The second-order valence-corrected chi connectivity index (χ2v) is 6.29. The highest BCUT2D eigenvalue weighted by Crippen LogP contribution is 2.16. The van der Waals surface area contributed by atoms with E-state index >= 15 is 0 Å². The molecule has 0 aromatic carbocycles. The first-order valence-corrected chi connectivity index (χ1v) is 7.21. The van der Waals surface area contributed by atoms with E-state index in [1.165, 1.54) is 9.58 Å². The van der Waals surface area contributed by atoms with Crippen molar-refractivity contribution in [3.63, 3.8) is 0 Å². The number of hydrogen-bond donors (Lipinski definition) is 0. The molecular weight excluding hydrogens is 288 g/mol. The van der Waals surface area contributed by atoms with E-state index in [2.05, 4.69) is 10.3 Å². The third-order valence-electron chi connectivity index (χ3n) is 3.13. The molecular formula is C14H22N4O4. The number of aryl methyl sites for hydroxylation is 1. The molecule has 1 unspecified atom stereocenters. The maximum atomic E-state index is 12.5. The van der Waals surface area contributed by atoms with Crippen LogP contribution >= 0.6 is 0 Å². The number of ether oxygens (including phenoxy) is 2. The third-order valence-corrected chi connectivity index (χ3v) is 3.13. The largest absolute Gasteiger partial charge is 0.444 e. The zero-order valence-electron chi connectivity index (χ0n) is 13.4. The third kappa shape index (κ3) is 4.27. The van der Waals surface area contributed by atoms with Crippen molar-refractivity contribution in [2.75, 3.05) is 19.8 Å². The molecule has 1 atom stereocenters. The summed E-state index contributed by atoms with van der Waals surface area (Å²) < 4.78 is 12.2. The first kappa shape index (κ1) is 16.4. The Labute approximate surface area is 129 Å². The number of rotatable bonds is 3. The fourth-order valence-electron chi connectivity index (χ4n) is 2.18. The number of nitrogens with zero attached hydrogens (tertiary/aromatic N) is 4. The summed E-state index contributed by atoms with van der Waals surface area (Å²) in [6.07, 6.45) is 1.30. The quantitative estimate of drug-likeness (QED) is 0.811. The summed E-state index contributed by atoms with van der Waals surface area (Å²) in [4.78, 5) is 26.1. The minimum absolute atomic E-state index is 0.112. The molecule has 0 radical (unpaired) electrons. The number of hydrogen-bond acceptors (Lipinski definition) is 6. The van der Waals surface area contributed by atoms with Crippen LogP contribution in [-0.4, -0.2) is 63.2 Å². The van der Waals surface area contributed by atoms with Gasteiger partial charge in [-0.15, -0.1) is 5.10 Å². The lowest BCUT2D eigenvalue weighted by molar-refractivity contribution is -0.129. The van der Waals surface area contributed by atoms with Gasteiger partial charge >= 0.3 is 6.09 Å². The van der Waals surface area contributed by atoms with Crippen LogP contribution in [0.15, 0.2) is 6.20 Å². The van der Waals surface area contributed by atoms with Crippen molar-refractivity contribution in [3.8, 4) is 0 Å². The van der Waals surface area contributed by atoms with E-state index in [9.17, 15) is 9.59 Å². The number of carbonyl (C=O) groups excluding carboxylic acids is 2. The molecule has 2 rings (SSSR count). The Morgan fingerprint density at radius 3 is 2.77 bits per heavy atom. The van der Waals surface area contributed by atoms with Crippen LogP contribution in [-0.2, 0) is 27.7 Å². The number of aromatic nitrogens is 3. The van der Waals surface area contributed by atoms with E-state index in [0.29, 0.717) is 18.8 Å². The van der Waals surface area contributed by atoms with Gasteiger partial charge in [0.25, 0.3) is 0 Å². The summed E-state index contributed by atoms with van der Waals surface area (Å²) in [7, 11) is 1.73. The molecule has 0 bridgehead atoms. The number of carbonyl (C=O) groups is 2. The number of ketones is 1. The molecule has 1 aromatic heterocycles. The molecule has 0 spiro atoms. The summed E-state index contributed by atoms with van der Waals surface area (Å²) in [5.41, 5.74) is -0.0318. The summed E-state index contributed by atoms with van der Waals surface area (Å²) in [5.74, 6) is -0.133. The van der Waals surface area contributed by atoms with E-state index < -0.39 is 17.7 Å². The van der Waals surface area contributed by atoms with Gasteiger partial charge in [-0.05, 0) is 20.8 Å². The van der Waals surface area contributed by atoms with Crippen molar-refractivity contribution in [1.29, 1.82) is 0 Å². The second-order valence-electron chi connectivity index (χ2n) is 6.29. The van der Waals surface area contributed by atoms with Crippen LogP contribution in [0.1, 0.15) is 26.5 Å². The lowest BCUT2D eigenvalue weighted by atomic mass is 10.1. The molecule has 8 nitrogen and oxygen atoms in total. The molecule has 122 valence electrons. The van der Waals surface area contributed by atoms with Gasteiger partial charge in [0.05, 0.1) is 25.3 Å². The summed E-state index contributed by atoms with van der Waals surface area (Å²) in [6, 6.07) is -0.648. The summed E-state index contributed by atoms with van der Waals surface area (Å²) >= 11 is 0. The molecule has 0 saturated carbocycles. The topological polar surface area (TPSA) is 86.5 Å². The van der Waals surface area contributed by atoms with Gasteiger partial charge in [0.2, 0.25) is 0 Å². The first-order chi connectivity index (χ1) is 10.3. The molecule has 1 aromatic rings. The van der Waals surface area contributed by atoms with Gasteiger partial charge in [0.1, 0.15) is 11.6 Å². The van der Waals surface area contributed by atoms with E-state index in [1.54, 1.807) is 34.0 Å². The molecule has 0 aliphatic carbocycles. The van der Waals surface area contributed by atoms with Crippen molar-refractivity contribution in [2.24, 2.45) is 7.05 Å². The van der Waals surface area contributed by atoms with Gasteiger partial charge < -0.3 is 9.47 Å². The minimum atomic E-state index is -0.648. The van der Waals surface area contributed by atoms with Crippen molar-refractivity contribution < 1.29 is 19.1 Å². The average molecular weight is 310 g/mol. The van der Waals surface area contributed by atoms with Crippen LogP contribution in [0.2, 0.25) is 0 Å². The highest BCUT2D eigenvalue weighted by atomic mass is 16.6. The molecule has 0 N–H and O–H groups in total. The molecule has 1 amide bonds. The molecule has 22 heavy (non-hydrogen) atoms. The minimum Gasteiger partial charge on any atom is -0.444 e. The molecule has 8 heteroatoms. The number of Topliss-reactive ketones (excluding diaryl/α,β-unsaturated/α-hetero) is 1. The van der Waals surface area contributed by atoms with Crippen LogP contribution in [0, 0.1) is 0 Å². The van der Waals surface area contributed by atoms with Crippen molar-refractivity contribution in [3.05, 3.63) is 11.9 Å². The van der Waals surface area contributed by atoms with Crippen molar-refractivity contribution >= 4 is 11.9 Å². The summed E-state index contributed by atoms with van der Waals surface area (Å²) in [6.45, 7) is 6.30. The zero-order valence-corrected chi connectivity index (χ0v) is 13.4. The molecule has 1 saturated heterocycles. The highest BCUT2D eigenvalue weighted by molar-refractivity contribution is 5.89. The average Bonchev–Trinajstić information content (AvgIpc) is 2.82. The van der Waals surface area contributed by atoms with Crippen molar-refractivity contribution in [2.45, 2.75) is 38.8 Å². The fourth-order valence-corrected chi connectivity index (χ4v) is 2.18. The normalized spacial score (nSPS) is 19.1. The molecule has 1 fully saturated rings. The maximum absolute atomic E-state index is 12.5. The Bertz CT molecular complexity index is 549. The lowest BCUT2D eigenvalue weighted by Gasteiger charge is -2.35. The smallest absolute Gasteiger partial charge is 0.411 e. The van der Waals surface area contributed by atoms with E-state index in [4.69, 9.17) is 9.47 Å². The molecule has 1 aliphatic heterocycles. The SMILES string of the molecule is Cn1cc(CC(=O)C2COCCN2C(=O)OC(C)(C)C)nn1. The Morgan fingerprint density at radius 2 is 2.18 bits per heavy atom. The van der Waals surface area contributed by atoms with Gasteiger partial charge in [-0.3, -0.25) is 14.4 Å². The fraction of sp³-hybridized carbons (Fsp3) is 0.714. The van der Waals surface area contributed by atoms with Crippen LogP contribution in [0.5, 0.6) is 0 Å². The highest BCUT2D eigenvalue weighted by Gasteiger charge is 2.35. The van der Waals surface area contributed by atoms with Crippen LogP contribution < -0.4 is 0 Å². The number of amides is 1. The summed E-state index contributed by atoms with van der Waals surface area (Å²) in [5, 5.41) is 7.69. The molecule has 2 heterocycles. The molecule has 1 aliphatic rings. The Balaban J connectivity index is 2.05. The standard InChI is InChI=1S/C14H22N4O4/c1-14(2,3)22-13(20)18-5-6-21-9-11(18)12(19)7-10-8-17(4)16-15-10/h8,11H,5-7,9H2,1-4H3. The second kappa shape index (κ2) is 6.43. The maximum Gasteiger partial charge on any atom is 0.411 e. The van der Waals surface area contributed by atoms with E-state index in [-0.39, 0.29) is 18.8 Å². The van der Waals surface area contributed by atoms with Gasteiger partial charge in [-0.25, -0.2) is 4.79 Å². The van der Waals surface area contributed by atoms with Crippen LogP contribution in [0.3, 0.4) is 0 Å². The van der Waals surface area contributed by atoms with Gasteiger partial charge in [-0.1, -0.05) is 5.21 Å². The Hall–Kier alpha value is -1.96. The van der Waals surface area contributed by atoms with Crippen molar-refractivity contribution in [1.82, 2.24) is 19.9 Å². The predicted octanol–water partition coefficient (Wildman–Crippen LogP) is 0.563.